The van der Waals surface area contributed by atoms with Gasteiger partial charge >= 0.3 is 0 Å². The molecule has 1 aromatic carbocycles. The van der Waals surface area contributed by atoms with E-state index in [9.17, 15) is 4.79 Å². The first-order valence-corrected chi connectivity index (χ1v) is 9.21. The number of rotatable bonds is 5. The quantitative estimate of drug-likeness (QED) is 0.888. The largest absolute Gasteiger partial charge is 0.360 e. The maximum atomic E-state index is 12.4. The predicted octanol–water partition coefficient (Wildman–Crippen LogP) is 3.46. The molecule has 0 radical (unpaired) electrons. The number of halogens is 1. The Labute approximate surface area is 152 Å². The Bertz CT molecular complexity index is 772. The highest BCUT2D eigenvalue weighted by atomic mass is 35.5. The fourth-order valence-corrected chi connectivity index (χ4v) is 3.65. The number of aromatic nitrogens is 1. The SMILES string of the molecule is C[C@@H]1CN(Cc2ccccc2Cl)C[C@H]1NC(=O)c1cc(C2CC2)on1. The summed E-state index contributed by atoms with van der Waals surface area (Å²) in [4.78, 5) is 14.8. The normalized spacial score (nSPS) is 23.8. The van der Waals surface area contributed by atoms with Crippen LogP contribution in [0.5, 0.6) is 0 Å². The lowest BCUT2D eigenvalue weighted by Crippen LogP contribution is -2.40. The predicted molar refractivity (Wildman–Crippen MR) is 95.6 cm³/mol. The minimum absolute atomic E-state index is 0.107. The van der Waals surface area contributed by atoms with Gasteiger partial charge in [0.15, 0.2) is 5.69 Å². The molecule has 2 atom stereocenters. The van der Waals surface area contributed by atoms with E-state index in [1.807, 2.05) is 24.3 Å². The molecule has 0 bridgehead atoms. The van der Waals surface area contributed by atoms with Crippen molar-refractivity contribution in [3.8, 4) is 0 Å². The Hall–Kier alpha value is -1.85. The van der Waals surface area contributed by atoms with Crippen molar-refractivity contribution in [2.24, 2.45) is 5.92 Å². The highest BCUT2D eigenvalue weighted by Gasteiger charge is 2.33. The monoisotopic (exact) mass is 359 g/mol. The van der Waals surface area contributed by atoms with E-state index in [1.165, 1.54) is 0 Å². The van der Waals surface area contributed by atoms with Crippen LogP contribution in [0.3, 0.4) is 0 Å². The van der Waals surface area contributed by atoms with E-state index in [-0.39, 0.29) is 11.9 Å². The molecular weight excluding hydrogens is 338 g/mol. The standard InChI is InChI=1S/C19H22ClN3O2/c1-12-9-23(10-14-4-2-3-5-15(14)20)11-17(12)21-19(24)16-8-18(25-22-16)13-6-7-13/h2-5,8,12-13,17H,6-7,9-11H2,1H3,(H,21,24)/t12-,17-/m1/s1. The van der Waals surface area contributed by atoms with Crippen molar-refractivity contribution < 1.29 is 9.32 Å². The second-order valence-electron chi connectivity index (χ2n) is 7.23. The molecule has 1 amide bonds. The van der Waals surface area contributed by atoms with Crippen LogP contribution < -0.4 is 5.32 Å². The van der Waals surface area contributed by atoms with Crippen molar-refractivity contribution in [2.75, 3.05) is 13.1 Å². The van der Waals surface area contributed by atoms with Crippen LogP contribution in [0.15, 0.2) is 34.9 Å². The summed E-state index contributed by atoms with van der Waals surface area (Å²) in [6, 6.07) is 9.80. The van der Waals surface area contributed by atoms with Crippen LogP contribution in [0.2, 0.25) is 5.02 Å². The topological polar surface area (TPSA) is 58.4 Å². The Morgan fingerprint density at radius 3 is 2.92 bits per heavy atom. The molecule has 1 aromatic heterocycles. The minimum Gasteiger partial charge on any atom is -0.360 e. The lowest BCUT2D eigenvalue weighted by Gasteiger charge is -2.17. The average molecular weight is 360 g/mol. The molecule has 6 heteroatoms. The zero-order valence-corrected chi connectivity index (χ0v) is 15.0. The van der Waals surface area contributed by atoms with Crippen LogP contribution >= 0.6 is 11.6 Å². The molecule has 0 spiro atoms. The molecule has 2 fully saturated rings. The van der Waals surface area contributed by atoms with Crippen LogP contribution in [0, 0.1) is 5.92 Å². The fraction of sp³-hybridized carbons (Fsp3) is 0.474. The summed E-state index contributed by atoms with van der Waals surface area (Å²) in [5, 5.41) is 7.83. The second kappa shape index (κ2) is 6.81. The molecule has 2 aromatic rings. The van der Waals surface area contributed by atoms with Gasteiger partial charge in [-0.2, -0.15) is 0 Å². The third-order valence-corrected chi connectivity index (χ3v) is 5.47. The van der Waals surface area contributed by atoms with Crippen molar-refractivity contribution in [3.05, 3.63) is 52.4 Å². The summed E-state index contributed by atoms with van der Waals surface area (Å²) >= 11 is 6.26. The molecule has 0 unspecified atom stereocenters. The molecule has 1 aliphatic heterocycles. The maximum absolute atomic E-state index is 12.4. The van der Waals surface area contributed by atoms with Gasteiger partial charge < -0.3 is 9.84 Å². The highest BCUT2D eigenvalue weighted by Crippen LogP contribution is 2.40. The van der Waals surface area contributed by atoms with Gasteiger partial charge in [-0.25, -0.2) is 0 Å². The van der Waals surface area contributed by atoms with Gasteiger partial charge in [0.05, 0.1) is 0 Å². The van der Waals surface area contributed by atoms with E-state index in [4.69, 9.17) is 16.1 Å². The summed E-state index contributed by atoms with van der Waals surface area (Å²) < 4.78 is 5.28. The Balaban J connectivity index is 1.36. The third-order valence-electron chi connectivity index (χ3n) is 5.10. The number of benzene rings is 1. The van der Waals surface area contributed by atoms with Crippen molar-refractivity contribution in [1.29, 1.82) is 0 Å². The molecular formula is C19H22ClN3O2. The first-order valence-electron chi connectivity index (χ1n) is 8.83. The molecule has 4 rings (SSSR count). The number of likely N-dealkylation sites (tertiary alicyclic amines) is 1. The molecule has 2 heterocycles. The second-order valence-corrected chi connectivity index (χ2v) is 7.64. The summed E-state index contributed by atoms with van der Waals surface area (Å²) in [6.07, 6.45) is 2.26. The van der Waals surface area contributed by atoms with Gasteiger partial charge in [-0.3, -0.25) is 9.69 Å². The van der Waals surface area contributed by atoms with Crippen LogP contribution in [-0.2, 0) is 6.54 Å². The maximum Gasteiger partial charge on any atom is 0.273 e. The van der Waals surface area contributed by atoms with Crippen LogP contribution in [0.4, 0.5) is 0 Å². The smallest absolute Gasteiger partial charge is 0.273 e. The number of nitrogens with one attached hydrogen (secondary N) is 1. The van der Waals surface area contributed by atoms with E-state index in [2.05, 4.69) is 22.3 Å². The summed E-state index contributed by atoms with van der Waals surface area (Å²) in [5.41, 5.74) is 1.51. The molecule has 1 saturated heterocycles. The third kappa shape index (κ3) is 3.72. The Morgan fingerprint density at radius 1 is 1.36 bits per heavy atom. The van der Waals surface area contributed by atoms with Gasteiger partial charge in [-0.15, -0.1) is 0 Å². The van der Waals surface area contributed by atoms with Gasteiger partial charge in [0.25, 0.3) is 5.91 Å². The molecule has 2 aliphatic rings. The van der Waals surface area contributed by atoms with Gasteiger partial charge in [0.2, 0.25) is 0 Å². The molecule has 1 N–H and O–H groups in total. The van der Waals surface area contributed by atoms with Crippen LogP contribution in [0.1, 0.15) is 47.5 Å². The van der Waals surface area contributed by atoms with E-state index >= 15 is 0 Å². The van der Waals surface area contributed by atoms with E-state index in [0.29, 0.717) is 17.5 Å². The van der Waals surface area contributed by atoms with Crippen molar-refractivity contribution in [2.45, 2.75) is 38.3 Å². The number of hydrogen-bond donors (Lipinski definition) is 1. The average Bonchev–Trinajstić information content (AvgIpc) is 3.22. The number of amides is 1. The van der Waals surface area contributed by atoms with E-state index in [1.54, 1.807) is 6.07 Å². The summed E-state index contributed by atoms with van der Waals surface area (Å²) in [7, 11) is 0. The van der Waals surface area contributed by atoms with Gasteiger partial charge in [-0.05, 0) is 30.4 Å². The van der Waals surface area contributed by atoms with Crippen molar-refractivity contribution in [1.82, 2.24) is 15.4 Å². The zero-order chi connectivity index (χ0) is 17.4. The van der Waals surface area contributed by atoms with Crippen molar-refractivity contribution in [3.63, 3.8) is 0 Å². The highest BCUT2D eigenvalue weighted by molar-refractivity contribution is 6.31. The minimum atomic E-state index is -0.146. The first kappa shape index (κ1) is 16.6. The lowest BCUT2D eigenvalue weighted by atomic mass is 10.1. The van der Waals surface area contributed by atoms with Gasteiger partial charge in [-0.1, -0.05) is 41.9 Å². The molecule has 25 heavy (non-hydrogen) atoms. The van der Waals surface area contributed by atoms with Crippen molar-refractivity contribution >= 4 is 17.5 Å². The molecule has 1 saturated carbocycles. The summed E-state index contributed by atoms with van der Waals surface area (Å²) in [6.45, 7) is 4.70. The molecule has 5 nitrogen and oxygen atoms in total. The Morgan fingerprint density at radius 2 is 2.16 bits per heavy atom. The zero-order valence-electron chi connectivity index (χ0n) is 14.2. The number of carbonyl (C=O) groups is 1. The molecule has 132 valence electrons. The molecule has 1 aliphatic carbocycles. The van der Waals surface area contributed by atoms with Gasteiger partial charge in [0.1, 0.15) is 5.76 Å². The number of hydrogen-bond acceptors (Lipinski definition) is 4. The van der Waals surface area contributed by atoms with E-state index < -0.39 is 0 Å². The summed E-state index contributed by atoms with van der Waals surface area (Å²) in [5.74, 6) is 1.53. The van der Waals surface area contributed by atoms with Crippen LogP contribution in [-0.4, -0.2) is 35.1 Å². The lowest BCUT2D eigenvalue weighted by molar-refractivity contribution is 0.0922. The Kier molecular flexibility index (Phi) is 4.52. The first-order chi connectivity index (χ1) is 12.1. The van der Waals surface area contributed by atoms with Crippen LogP contribution in [0.25, 0.3) is 0 Å². The fourth-order valence-electron chi connectivity index (χ4n) is 3.45. The van der Waals surface area contributed by atoms with E-state index in [0.717, 1.165) is 48.8 Å². The number of carbonyl (C=O) groups excluding carboxylic acids is 1. The van der Waals surface area contributed by atoms with Gasteiger partial charge in [0, 0.05) is 42.7 Å². The number of nitrogens with zero attached hydrogens (tertiary/aromatic N) is 2.